The van der Waals surface area contributed by atoms with Gasteiger partial charge < -0.3 is 21.7 Å². The summed E-state index contributed by atoms with van der Waals surface area (Å²) >= 11 is 0. The van der Waals surface area contributed by atoms with Crippen molar-refractivity contribution in [1.29, 1.82) is 0 Å². The van der Waals surface area contributed by atoms with Crippen LogP contribution >= 0.6 is 0 Å². The fourth-order valence-electron chi connectivity index (χ4n) is 2.80. The van der Waals surface area contributed by atoms with Gasteiger partial charge in [0.05, 0.1) is 19.6 Å². The van der Waals surface area contributed by atoms with Crippen LogP contribution < -0.4 is 21.7 Å². The molecule has 1 saturated heterocycles. The zero-order valence-corrected chi connectivity index (χ0v) is 15.1. The van der Waals surface area contributed by atoms with Crippen LogP contribution in [-0.2, 0) is 14.4 Å². The van der Waals surface area contributed by atoms with Crippen LogP contribution in [0.1, 0.15) is 24.8 Å². The summed E-state index contributed by atoms with van der Waals surface area (Å²) in [5.74, 6) is -0.815. The highest BCUT2D eigenvalue weighted by Gasteiger charge is 2.15. The fourth-order valence-corrected chi connectivity index (χ4v) is 2.80. The number of amides is 3. The van der Waals surface area contributed by atoms with E-state index < -0.39 is 5.91 Å². The number of benzene rings is 1. The Labute approximate surface area is 153 Å². The zero-order valence-electron chi connectivity index (χ0n) is 15.1. The maximum Gasteiger partial charge on any atom is 0.243 e. The smallest absolute Gasteiger partial charge is 0.243 e. The number of anilines is 2. The Morgan fingerprint density at radius 2 is 1.77 bits per heavy atom. The van der Waals surface area contributed by atoms with E-state index in [9.17, 15) is 14.4 Å². The average Bonchev–Trinajstić information content (AvgIpc) is 2.63. The number of nitrogens with two attached hydrogens (primary N) is 1. The Balaban J connectivity index is 1.90. The molecule has 26 heavy (non-hydrogen) atoms. The third-order valence-electron chi connectivity index (χ3n) is 4.24. The van der Waals surface area contributed by atoms with E-state index in [2.05, 4.69) is 20.9 Å². The molecular weight excluding hydrogens is 334 g/mol. The summed E-state index contributed by atoms with van der Waals surface area (Å²) in [6, 6.07) is 5.29. The number of rotatable bonds is 7. The van der Waals surface area contributed by atoms with Crippen LogP contribution in [0.4, 0.5) is 11.4 Å². The maximum atomic E-state index is 12.3. The van der Waals surface area contributed by atoms with Crippen LogP contribution in [0.25, 0.3) is 0 Å². The first kappa shape index (κ1) is 19.9. The minimum Gasteiger partial charge on any atom is -0.346 e. The monoisotopic (exact) mass is 361 g/mol. The molecule has 0 aliphatic carbocycles. The molecule has 0 aromatic heterocycles. The van der Waals surface area contributed by atoms with Crippen LogP contribution in [0.15, 0.2) is 18.2 Å². The number of piperidine rings is 1. The molecule has 0 unspecified atom stereocenters. The molecule has 8 nitrogen and oxygen atoms in total. The molecule has 3 amide bonds. The van der Waals surface area contributed by atoms with E-state index in [1.165, 1.54) is 6.42 Å². The van der Waals surface area contributed by atoms with E-state index in [4.69, 9.17) is 5.73 Å². The lowest BCUT2D eigenvalue weighted by atomic mass is 10.1. The van der Waals surface area contributed by atoms with Crippen molar-refractivity contribution in [3.63, 3.8) is 0 Å². The molecule has 0 atom stereocenters. The largest absolute Gasteiger partial charge is 0.346 e. The predicted octanol–water partition coefficient (Wildman–Crippen LogP) is 0.433. The van der Waals surface area contributed by atoms with Crippen LogP contribution in [-0.4, -0.2) is 55.3 Å². The summed E-state index contributed by atoms with van der Waals surface area (Å²) in [4.78, 5) is 37.4. The molecule has 2 rings (SSSR count). The summed E-state index contributed by atoms with van der Waals surface area (Å²) in [5.41, 5.74) is 7.30. The van der Waals surface area contributed by atoms with Gasteiger partial charge in [-0.05, 0) is 50.6 Å². The fraction of sp³-hybridized carbons (Fsp3) is 0.500. The Morgan fingerprint density at radius 3 is 2.46 bits per heavy atom. The molecule has 1 fully saturated rings. The van der Waals surface area contributed by atoms with Crippen LogP contribution in [0, 0.1) is 6.92 Å². The summed E-state index contributed by atoms with van der Waals surface area (Å²) in [7, 11) is 0. The normalized spacial score (nSPS) is 14.5. The van der Waals surface area contributed by atoms with Gasteiger partial charge in [0.2, 0.25) is 17.7 Å². The summed E-state index contributed by atoms with van der Waals surface area (Å²) in [5, 5.41) is 8.00. The van der Waals surface area contributed by atoms with Crippen molar-refractivity contribution in [2.45, 2.75) is 26.2 Å². The van der Waals surface area contributed by atoms with E-state index in [1.54, 1.807) is 12.1 Å². The van der Waals surface area contributed by atoms with Gasteiger partial charge in [-0.25, -0.2) is 0 Å². The first-order valence-electron chi connectivity index (χ1n) is 8.87. The number of hydrogen-bond acceptors (Lipinski definition) is 5. The molecule has 0 radical (unpaired) electrons. The van der Waals surface area contributed by atoms with E-state index in [-0.39, 0.29) is 24.9 Å². The second-order valence-corrected chi connectivity index (χ2v) is 6.44. The molecule has 1 heterocycles. The van der Waals surface area contributed by atoms with Gasteiger partial charge in [0.15, 0.2) is 0 Å². The van der Waals surface area contributed by atoms with Gasteiger partial charge in [0.1, 0.15) is 0 Å². The van der Waals surface area contributed by atoms with Crippen LogP contribution in [0.2, 0.25) is 0 Å². The molecule has 0 bridgehead atoms. The Morgan fingerprint density at radius 1 is 1.04 bits per heavy atom. The lowest BCUT2D eigenvalue weighted by Gasteiger charge is -2.25. The van der Waals surface area contributed by atoms with Crippen molar-refractivity contribution in [2.75, 3.05) is 43.4 Å². The van der Waals surface area contributed by atoms with Gasteiger partial charge >= 0.3 is 0 Å². The highest BCUT2D eigenvalue weighted by atomic mass is 16.2. The van der Waals surface area contributed by atoms with Crippen molar-refractivity contribution in [1.82, 2.24) is 10.2 Å². The van der Waals surface area contributed by atoms with E-state index in [0.717, 1.165) is 31.5 Å². The molecule has 8 heteroatoms. The number of nitrogens with one attached hydrogen (secondary N) is 3. The number of nitrogens with zero attached hydrogens (tertiary/aromatic N) is 1. The summed E-state index contributed by atoms with van der Waals surface area (Å²) in [6.45, 7) is 3.87. The van der Waals surface area contributed by atoms with Crippen LogP contribution in [0.3, 0.4) is 0 Å². The first-order chi connectivity index (χ1) is 12.5. The topological polar surface area (TPSA) is 117 Å². The first-order valence-corrected chi connectivity index (χ1v) is 8.87. The number of likely N-dealkylation sites (tertiary alicyclic amines) is 1. The Kier molecular flexibility index (Phi) is 7.55. The SMILES string of the molecule is Cc1ccc(NC(=O)CNC(=O)CN)cc1NC(=O)CN1CCCCC1. The number of carbonyl (C=O) groups excluding carboxylic acids is 3. The van der Waals surface area contributed by atoms with Gasteiger partial charge in [0, 0.05) is 11.4 Å². The molecule has 142 valence electrons. The average molecular weight is 361 g/mol. The van der Waals surface area contributed by atoms with Gasteiger partial charge in [-0.15, -0.1) is 0 Å². The van der Waals surface area contributed by atoms with Gasteiger partial charge in [-0.2, -0.15) is 0 Å². The van der Waals surface area contributed by atoms with Gasteiger partial charge in [-0.3, -0.25) is 19.3 Å². The molecule has 0 saturated carbocycles. The molecule has 0 spiro atoms. The number of carbonyl (C=O) groups is 3. The van der Waals surface area contributed by atoms with Gasteiger partial charge in [-0.1, -0.05) is 12.5 Å². The predicted molar refractivity (Wildman–Crippen MR) is 101 cm³/mol. The van der Waals surface area contributed by atoms with E-state index in [1.807, 2.05) is 13.0 Å². The number of aryl methyl sites for hydroxylation is 1. The summed E-state index contributed by atoms with van der Waals surface area (Å²) in [6.07, 6.45) is 3.49. The second-order valence-electron chi connectivity index (χ2n) is 6.44. The lowest BCUT2D eigenvalue weighted by Crippen LogP contribution is -2.37. The highest BCUT2D eigenvalue weighted by Crippen LogP contribution is 2.20. The molecule has 1 aromatic carbocycles. The highest BCUT2D eigenvalue weighted by molar-refractivity contribution is 5.97. The Bertz CT molecular complexity index is 656. The Hall–Kier alpha value is -2.45. The third kappa shape index (κ3) is 6.45. The molecule has 5 N–H and O–H groups in total. The zero-order chi connectivity index (χ0) is 18.9. The minimum atomic E-state index is -0.394. The maximum absolute atomic E-state index is 12.3. The molecule has 1 aliphatic rings. The van der Waals surface area contributed by atoms with Crippen LogP contribution in [0.5, 0.6) is 0 Å². The lowest BCUT2D eigenvalue weighted by molar-refractivity contribution is -0.123. The molecular formula is C18H27N5O3. The van der Waals surface area contributed by atoms with E-state index in [0.29, 0.717) is 17.9 Å². The number of hydrogen-bond donors (Lipinski definition) is 4. The van der Waals surface area contributed by atoms with Crippen molar-refractivity contribution in [2.24, 2.45) is 5.73 Å². The van der Waals surface area contributed by atoms with Gasteiger partial charge in [0.25, 0.3) is 0 Å². The molecule has 1 aromatic rings. The van der Waals surface area contributed by atoms with Crippen molar-refractivity contribution in [3.8, 4) is 0 Å². The van der Waals surface area contributed by atoms with Crippen molar-refractivity contribution >= 4 is 29.1 Å². The van der Waals surface area contributed by atoms with E-state index >= 15 is 0 Å². The third-order valence-corrected chi connectivity index (χ3v) is 4.24. The minimum absolute atomic E-state index is 0.0614. The molecule has 1 aliphatic heterocycles. The standard InChI is InChI=1S/C18H27N5O3/c1-13-5-6-14(21-17(25)11-20-16(24)10-19)9-15(13)22-18(26)12-23-7-3-2-4-8-23/h5-6,9H,2-4,7-8,10-12,19H2,1H3,(H,20,24)(H,21,25)(H,22,26). The van der Waals surface area contributed by atoms with Crippen molar-refractivity contribution < 1.29 is 14.4 Å². The second kappa shape index (κ2) is 9.88. The quantitative estimate of drug-likeness (QED) is 0.562. The summed E-state index contributed by atoms with van der Waals surface area (Å²) < 4.78 is 0. The van der Waals surface area contributed by atoms with Crippen molar-refractivity contribution in [3.05, 3.63) is 23.8 Å².